The van der Waals surface area contributed by atoms with E-state index in [9.17, 15) is 9.18 Å². The van der Waals surface area contributed by atoms with Gasteiger partial charge in [-0.05, 0) is 18.6 Å². The fourth-order valence-electron chi connectivity index (χ4n) is 2.66. The molecule has 0 atom stereocenters. The van der Waals surface area contributed by atoms with E-state index in [1.807, 2.05) is 30.3 Å². The summed E-state index contributed by atoms with van der Waals surface area (Å²) in [6.07, 6.45) is 0. The number of hydrogen-bond donors (Lipinski definition) is 1. The predicted octanol–water partition coefficient (Wildman–Crippen LogP) is 5.19. The standard InChI is InChI=1S/C20H15FN4O2S2/c1-12-16(17(27-25-12)13-7-3-2-4-8-13)18(26)22-19-23-24-20(29-19)28-11-14-9-5-6-10-15(14)21/h2-10H,11H2,1H3,(H,22,23,26). The Kier molecular flexibility index (Phi) is 5.68. The molecular weight excluding hydrogens is 411 g/mol. The first-order valence-corrected chi connectivity index (χ1v) is 10.4. The highest BCUT2D eigenvalue weighted by Gasteiger charge is 2.23. The molecule has 6 nitrogen and oxygen atoms in total. The number of nitrogens with zero attached hydrogens (tertiary/aromatic N) is 3. The van der Waals surface area contributed by atoms with Crippen molar-refractivity contribution >= 4 is 34.1 Å². The van der Waals surface area contributed by atoms with Crippen LogP contribution < -0.4 is 5.32 Å². The molecule has 0 aliphatic heterocycles. The minimum atomic E-state index is -0.371. The number of carbonyl (C=O) groups excluding carboxylic acids is 1. The van der Waals surface area contributed by atoms with Crippen LogP contribution >= 0.6 is 23.1 Å². The zero-order chi connectivity index (χ0) is 20.2. The van der Waals surface area contributed by atoms with E-state index in [1.165, 1.54) is 29.2 Å². The molecule has 0 spiro atoms. The summed E-state index contributed by atoms with van der Waals surface area (Å²) >= 11 is 2.59. The van der Waals surface area contributed by atoms with Crippen molar-refractivity contribution in [3.05, 3.63) is 77.2 Å². The van der Waals surface area contributed by atoms with Gasteiger partial charge < -0.3 is 4.52 Å². The number of halogens is 1. The largest absolute Gasteiger partial charge is 0.355 e. The third-order valence-corrected chi connectivity index (χ3v) is 6.08. The van der Waals surface area contributed by atoms with Gasteiger partial charge in [0.15, 0.2) is 10.1 Å². The van der Waals surface area contributed by atoms with E-state index in [0.717, 1.165) is 5.56 Å². The van der Waals surface area contributed by atoms with Gasteiger partial charge in [-0.3, -0.25) is 10.1 Å². The average Bonchev–Trinajstić information content (AvgIpc) is 3.34. The number of benzene rings is 2. The van der Waals surface area contributed by atoms with Crippen LogP contribution in [0.1, 0.15) is 21.6 Å². The van der Waals surface area contributed by atoms with E-state index >= 15 is 0 Å². The van der Waals surface area contributed by atoms with Gasteiger partial charge in [0.2, 0.25) is 5.13 Å². The number of aromatic nitrogens is 3. The van der Waals surface area contributed by atoms with Gasteiger partial charge in [-0.15, -0.1) is 10.2 Å². The quantitative estimate of drug-likeness (QED) is 0.338. The first kappa shape index (κ1) is 19.3. The van der Waals surface area contributed by atoms with E-state index in [1.54, 1.807) is 25.1 Å². The topological polar surface area (TPSA) is 80.9 Å². The van der Waals surface area contributed by atoms with Gasteiger partial charge in [0.25, 0.3) is 5.91 Å². The molecule has 0 saturated carbocycles. The molecule has 2 aromatic carbocycles. The molecule has 2 aromatic heterocycles. The molecule has 0 saturated heterocycles. The van der Waals surface area contributed by atoms with Crippen molar-refractivity contribution in [2.45, 2.75) is 17.0 Å². The number of hydrogen-bond acceptors (Lipinski definition) is 7. The van der Waals surface area contributed by atoms with E-state index in [0.29, 0.717) is 37.8 Å². The number of aryl methyl sites for hydroxylation is 1. The Bertz CT molecular complexity index is 1140. The maximum absolute atomic E-state index is 13.7. The highest BCUT2D eigenvalue weighted by Crippen LogP contribution is 2.31. The molecule has 2 heterocycles. The SMILES string of the molecule is Cc1noc(-c2ccccc2)c1C(=O)Nc1nnc(SCc2ccccc2F)s1. The maximum atomic E-state index is 13.7. The summed E-state index contributed by atoms with van der Waals surface area (Å²) in [6.45, 7) is 1.71. The van der Waals surface area contributed by atoms with E-state index in [4.69, 9.17) is 4.52 Å². The summed E-state index contributed by atoms with van der Waals surface area (Å²) in [5.41, 5.74) is 2.19. The van der Waals surface area contributed by atoms with Crippen molar-refractivity contribution in [2.75, 3.05) is 5.32 Å². The van der Waals surface area contributed by atoms with Crippen LogP contribution in [0, 0.1) is 12.7 Å². The van der Waals surface area contributed by atoms with Crippen molar-refractivity contribution in [1.29, 1.82) is 0 Å². The second-order valence-electron chi connectivity index (χ2n) is 6.05. The van der Waals surface area contributed by atoms with Crippen LogP contribution in [0.3, 0.4) is 0 Å². The zero-order valence-corrected chi connectivity index (χ0v) is 16.9. The Morgan fingerprint density at radius 1 is 1.14 bits per heavy atom. The molecular formula is C20H15FN4O2S2. The van der Waals surface area contributed by atoms with Gasteiger partial charge in [-0.2, -0.15) is 0 Å². The normalized spacial score (nSPS) is 10.8. The number of amides is 1. The van der Waals surface area contributed by atoms with Crippen molar-refractivity contribution in [3.63, 3.8) is 0 Å². The van der Waals surface area contributed by atoms with Crippen molar-refractivity contribution in [3.8, 4) is 11.3 Å². The average molecular weight is 426 g/mol. The molecule has 0 fully saturated rings. The third-order valence-electron chi connectivity index (χ3n) is 4.06. The van der Waals surface area contributed by atoms with Crippen molar-refractivity contribution in [2.24, 2.45) is 0 Å². The molecule has 0 aliphatic carbocycles. The molecule has 1 N–H and O–H groups in total. The van der Waals surface area contributed by atoms with Gasteiger partial charge >= 0.3 is 0 Å². The number of carbonyl (C=O) groups is 1. The third kappa shape index (κ3) is 4.36. The van der Waals surface area contributed by atoms with Gasteiger partial charge in [0.05, 0.1) is 5.69 Å². The fourth-order valence-corrected chi connectivity index (χ4v) is 4.39. The molecule has 0 bridgehead atoms. The van der Waals surface area contributed by atoms with Gasteiger partial charge in [-0.25, -0.2) is 4.39 Å². The summed E-state index contributed by atoms with van der Waals surface area (Å²) in [7, 11) is 0. The number of nitrogens with one attached hydrogen (secondary N) is 1. The number of anilines is 1. The summed E-state index contributed by atoms with van der Waals surface area (Å²) in [5, 5.41) is 15.1. The van der Waals surface area contributed by atoms with Crippen LogP contribution in [0.5, 0.6) is 0 Å². The Hall–Kier alpha value is -3.04. The fraction of sp³-hybridized carbons (Fsp3) is 0.100. The van der Waals surface area contributed by atoms with Crippen LogP contribution in [-0.2, 0) is 5.75 Å². The molecule has 0 radical (unpaired) electrons. The minimum absolute atomic E-state index is 0.255. The maximum Gasteiger partial charge on any atom is 0.263 e. The molecule has 4 rings (SSSR count). The summed E-state index contributed by atoms with van der Waals surface area (Å²) < 4.78 is 19.7. The van der Waals surface area contributed by atoms with Crippen LogP contribution in [0.2, 0.25) is 0 Å². The lowest BCUT2D eigenvalue weighted by Crippen LogP contribution is -2.13. The Balaban J connectivity index is 1.46. The molecule has 0 aliphatic rings. The molecule has 146 valence electrons. The van der Waals surface area contributed by atoms with E-state index in [2.05, 4.69) is 20.7 Å². The molecule has 29 heavy (non-hydrogen) atoms. The van der Waals surface area contributed by atoms with Gasteiger partial charge in [-0.1, -0.05) is 76.8 Å². The zero-order valence-electron chi connectivity index (χ0n) is 15.3. The van der Waals surface area contributed by atoms with Crippen LogP contribution in [0.15, 0.2) is 63.5 Å². The molecule has 9 heteroatoms. The smallest absolute Gasteiger partial charge is 0.263 e. The van der Waals surface area contributed by atoms with E-state index in [-0.39, 0.29) is 11.7 Å². The van der Waals surface area contributed by atoms with Crippen molar-refractivity contribution < 1.29 is 13.7 Å². The highest BCUT2D eigenvalue weighted by molar-refractivity contribution is 8.00. The van der Waals surface area contributed by atoms with Crippen LogP contribution in [0.25, 0.3) is 11.3 Å². The lowest BCUT2D eigenvalue weighted by Gasteiger charge is -2.02. The molecule has 1 amide bonds. The summed E-state index contributed by atoms with van der Waals surface area (Å²) in [5.74, 6) is 0.205. The lowest BCUT2D eigenvalue weighted by molar-refractivity contribution is 0.102. The highest BCUT2D eigenvalue weighted by atomic mass is 32.2. The first-order chi connectivity index (χ1) is 14.1. The summed E-state index contributed by atoms with van der Waals surface area (Å²) in [4.78, 5) is 12.8. The second kappa shape index (κ2) is 8.54. The Morgan fingerprint density at radius 2 is 1.90 bits per heavy atom. The van der Waals surface area contributed by atoms with Gasteiger partial charge in [0, 0.05) is 11.3 Å². The Morgan fingerprint density at radius 3 is 2.69 bits per heavy atom. The van der Waals surface area contributed by atoms with Crippen LogP contribution in [0.4, 0.5) is 9.52 Å². The molecule has 4 aromatic rings. The van der Waals surface area contributed by atoms with Crippen LogP contribution in [-0.4, -0.2) is 21.3 Å². The minimum Gasteiger partial charge on any atom is -0.355 e. The summed E-state index contributed by atoms with van der Waals surface area (Å²) in [6, 6.07) is 15.9. The lowest BCUT2D eigenvalue weighted by atomic mass is 10.1. The second-order valence-corrected chi connectivity index (χ2v) is 8.25. The van der Waals surface area contributed by atoms with Crippen molar-refractivity contribution in [1.82, 2.24) is 15.4 Å². The molecule has 0 unspecified atom stereocenters. The Labute approximate surface area is 174 Å². The monoisotopic (exact) mass is 426 g/mol. The van der Waals surface area contributed by atoms with Gasteiger partial charge in [0.1, 0.15) is 11.4 Å². The van der Waals surface area contributed by atoms with E-state index < -0.39 is 0 Å². The predicted molar refractivity (Wildman–Crippen MR) is 110 cm³/mol. The first-order valence-electron chi connectivity index (χ1n) is 8.64. The number of rotatable bonds is 6. The number of thioether (sulfide) groups is 1.